The zero-order chi connectivity index (χ0) is 21.3. The average Bonchev–Trinajstić information content (AvgIpc) is 3.16. The molecule has 0 spiro atoms. The van der Waals surface area contributed by atoms with Gasteiger partial charge < -0.3 is 15.6 Å². The molecule has 0 bridgehead atoms. The minimum Gasteiger partial charge on any atom is -0.338 e. The van der Waals surface area contributed by atoms with E-state index in [-0.39, 0.29) is 18.1 Å². The lowest BCUT2D eigenvalue weighted by molar-refractivity contribution is 0.375. The molecule has 4 N–H and O–H groups in total. The van der Waals surface area contributed by atoms with E-state index >= 15 is 0 Å². The Balaban J connectivity index is 1.96. The van der Waals surface area contributed by atoms with Crippen molar-refractivity contribution in [2.45, 2.75) is 77.4 Å². The van der Waals surface area contributed by atoms with E-state index in [1.54, 1.807) is 0 Å². The van der Waals surface area contributed by atoms with E-state index in [1.807, 2.05) is 30.3 Å². The van der Waals surface area contributed by atoms with E-state index in [2.05, 4.69) is 47.8 Å². The van der Waals surface area contributed by atoms with E-state index in [1.165, 1.54) is 12.8 Å². The predicted octanol–water partition coefficient (Wildman–Crippen LogP) is 4.38. The number of nitrogens with zero attached hydrogens (tertiary/aromatic N) is 4. The zero-order valence-corrected chi connectivity index (χ0v) is 18.4. The van der Waals surface area contributed by atoms with Gasteiger partial charge in [-0.25, -0.2) is 4.99 Å². The second-order valence-corrected chi connectivity index (χ2v) is 8.85. The van der Waals surface area contributed by atoms with Crippen molar-refractivity contribution in [3.8, 4) is 0 Å². The van der Waals surface area contributed by atoms with Gasteiger partial charge in [-0.3, -0.25) is 5.10 Å². The fourth-order valence-corrected chi connectivity index (χ4v) is 4.24. The number of benzene rings is 1. The predicted molar refractivity (Wildman–Crippen MR) is 122 cm³/mol. The minimum atomic E-state index is 0.0938. The van der Waals surface area contributed by atoms with Crippen molar-refractivity contribution in [1.29, 1.82) is 0 Å². The molecule has 1 aliphatic rings. The van der Waals surface area contributed by atoms with E-state index in [0.29, 0.717) is 5.92 Å². The van der Waals surface area contributed by atoms with Gasteiger partial charge in [-0.1, -0.05) is 44.9 Å². The van der Waals surface area contributed by atoms with Gasteiger partial charge >= 0.3 is 0 Å². The Morgan fingerprint density at radius 3 is 2.53 bits per heavy atom. The van der Waals surface area contributed by atoms with Gasteiger partial charge in [-0.05, 0) is 44.7 Å². The SMILES string of the molecule is CC(C)c1[nH]nc2c(Nc3ccccc3)nc(=NC3CCCCC3N)n(C(C)C)c12. The van der Waals surface area contributed by atoms with Crippen molar-refractivity contribution in [3.63, 3.8) is 0 Å². The summed E-state index contributed by atoms with van der Waals surface area (Å²) in [5.74, 6) is 1.02. The van der Waals surface area contributed by atoms with Crippen LogP contribution in [-0.4, -0.2) is 31.8 Å². The molecule has 160 valence electrons. The summed E-state index contributed by atoms with van der Waals surface area (Å²) in [6, 6.07) is 10.5. The highest BCUT2D eigenvalue weighted by molar-refractivity contribution is 5.89. The molecule has 0 amide bonds. The van der Waals surface area contributed by atoms with Gasteiger partial charge in [-0.15, -0.1) is 0 Å². The van der Waals surface area contributed by atoms with Crippen molar-refractivity contribution >= 4 is 22.5 Å². The number of hydrogen-bond acceptors (Lipinski definition) is 5. The quantitative estimate of drug-likeness (QED) is 0.585. The molecule has 1 aliphatic carbocycles. The van der Waals surface area contributed by atoms with E-state index in [4.69, 9.17) is 15.7 Å². The van der Waals surface area contributed by atoms with Crippen LogP contribution < -0.4 is 16.7 Å². The number of hydrogen-bond donors (Lipinski definition) is 3. The third-order valence-electron chi connectivity index (χ3n) is 5.85. The highest BCUT2D eigenvalue weighted by Crippen LogP contribution is 2.29. The molecular weight excluding hydrogens is 374 g/mol. The largest absolute Gasteiger partial charge is 0.338 e. The summed E-state index contributed by atoms with van der Waals surface area (Å²) in [5, 5.41) is 11.4. The number of nitrogens with one attached hydrogen (secondary N) is 2. The molecule has 0 saturated heterocycles. The summed E-state index contributed by atoms with van der Waals surface area (Å²) in [6.07, 6.45) is 4.40. The summed E-state index contributed by atoms with van der Waals surface area (Å²) in [6.45, 7) is 8.69. The number of aromatic nitrogens is 4. The molecule has 1 fully saturated rings. The molecule has 1 saturated carbocycles. The highest BCUT2D eigenvalue weighted by Gasteiger charge is 2.24. The van der Waals surface area contributed by atoms with Crippen LogP contribution in [0.2, 0.25) is 0 Å². The molecule has 30 heavy (non-hydrogen) atoms. The van der Waals surface area contributed by atoms with Gasteiger partial charge in [0, 0.05) is 17.8 Å². The lowest BCUT2D eigenvalue weighted by Crippen LogP contribution is -2.39. The molecular formula is C23H33N7. The van der Waals surface area contributed by atoms with E-state index in [0.717, 1.165) is 46.7 Å². The number of aromatic amines is 1. The Hall–Kier alpha value is -2.67. The molecule has 3 aromatic rings. The van der Waals surface area contributed by atoms with Gasteiger partial charge in [0.05, 0.1) is 17.3 Å². The first-order valence-electron chi connectivity index (χ1n) is 11.1. The summed E-state index contributed by atoms with van der Waals surface area (Å²) in [4.78, 5) is 10.1. The molecule has 0 radical (unpaired) electrons. The Morgan fingerprint density at radius 2 is 1.87 bits per heavy atom. The van der Waals surface area contributed by atoms with Crippen molar-refractivity contribution in [3.05, 3.63) is 41.6 Å². The van der Waals surface area contributed by atoms with Crippen LogP contribution in [-0.2, 0) is 0 Å². The Bertz CT molecular complexity index is 1060. The van der Waals surface area contributed by atoms with Crippen molar-refractivity contribution in [1.82, 2.24) is 19.7 Å². The highest BCUT2D eigenvalue weighted by atomic mass is 15.2. The maximum absolute atomic E-state index is 6.42. The van der Waals surface area contributed by atoms with Gasteiger partial charge in [0.2, 0.25) is 5.62 Å². The van der Waals surface area contributed by atoms with Crippen molar-refractivity contribution < 1.29 is 0 Å². The third-order valence-corrected chi connectivity index (χ3v) is 5.85. The second kappa shape index (κ2) is 8.60. The zero-order valence-electron chi connectivity index (χ0n) is 18.4. The first-order valence-corrected chi connectivity index (χ1v) is 11.1. The van der Waals surface area contributed by atoms with Gasteiger partial charge in [0.15, 0.2) is 11.3 Å². The Kier molecular flexibility index (Phi) is 5.90. The van der Waals surface area contributed by atoms with Gasteiger partial charge in [-0.2, -0.15) is 10.1 Å². The average molecular weight is 408 g/mol. The molecule has 0 aliphatic heterocycles. The van der Waals surface area contributed by atoms with Gasteiger partial charge in [0.1, 0.15) is 0 Å². The summed E-state index contributed by atoms with van der Waals surface area (Å²) >= 11 is 0. The smallest absolute Gasteiger partial charge is 0.227 e. The maximum Gasteiger partial charge on any atom is 0.227 e. The number of para-hydroxylation sites is 1. The molecule has 2 heterocycles. The number of rotatable bonds is 5. The lowest BCUT2D eigenvalue weighted by Gasteiger charge is -2.25. The van der Waals surface area contributed by atoms with Crippen LogP contribution in [0.5, 0.6) is 0 Å². The number of fused-ring (bicyclic) bond motifs is 1. The fourth-order valence-electron chi connectivity index (χ4n) is 4.24. The number of nitrogens with two attached hydrogens (primary N) is 1. The number of anilines is 2. The second-order valence-electron chi connectivity index (χ2n) is 8.85. The molecule has 7 nitrogen and oxygen atoms in total. The lowest BCUT2D eigenvalue weighted by atomic mass is 9.91. The van der Waals surface area contributed by atoms with Crippen molar-refractivity contribution in [2.24, 2.45) is 10.7 Å². The van der Waals surface area contributed by atoms with Crippen LogP contribution in [0.3, 0.4) is 0 Å². The van der Waals surface area contributed by atoms with Crippen LogP contribution in [0.15, 0.2) is 35.3 Å². The van der Waals surface area contributed by atoms with Crippen LogP contribution in [0.25, 0.3) is 11.0 Å². The molecule has 2 atom stereocenters. The van der Waals surface area contributed by atoms with Crippen LogP contribution in [0.4, 0.5) is 11.5 Å². The Morgan fingerprint density at radius 1 is 1.13 bits per heavy atom. The molecule has 1 aromatic carbocycles. The first-order chi connectivity index (χ1) is 14.5. The summed E-state index contributed by atoms with van der Waals surface area (Å²) in [5.41, 5.74) is 11.1. The van der Waals surface area contributed by atoms with Crippen LogP contribution >= 0.6 is 0 Å². The molecule has 7 heteroatoms. The fraction of sp³-hybridized carbons (Fsp3) is 0.522. The van der Waals surface area contributed by atoms with Crippen LogP contribution in [0.1, 0.15) is 71.0 Å². The van der Waals surface area contributed by atoms with E-state index < -0.39 is 0 Å². The molecule has 4 rings (SSSR count). The summed E-state index contributed by atoms with van der Waals surface area (Å²) in [7, 11) is 0. The minimum absolute atomic E-state index is 0.0938. The van der Waals surface area contributed by atoms with Crippen molar-refractivity contribution in [2.75, 3.05) is 5.32 Å². The Labute approximate surface area is 177 Å². The normalized spacial score (nSPS) is 20.4. The maximum atomic E-state index is 6.42. The molecule has 2 unspecified atom stereocenters. The number of H-pyrrole nitrogens is 1. The monoisotopic (exact) mass is 407 g/mol. The summed E-state index contributed by atoms with van der Waals surface area (Å²) < 4.78 is 2.21. The van der Waals surface area contributed by atoms with Crippen LogP contribution in [0, 0.1) is 0 Å². The van der Waals surface area contributed by atoms with Gasteiger partial charge in [0.25, 0.3) is 0 Å². The molecule has 2 aromatic heterocycles. The van der Waals surface area contributed by atoms with E-state index in [9.17, 15) is 0 Å². The standard InChI is InChI=1S/C23H33N7/c1-14(2)19-21-20(29-28-19)22(25-16-10-6-5-7-11-16)27-23(30(21)15(3)4)26-18-13-9-8-12-17(18)24/h5-7,10-11,14-15,17-18H,8-9,12-13,24H2,1-4H3,(H,28,29)(H,25,26,27). The first kappa shape index (κ1) is 20.6. The topological polar surface area (TPSA) is 96.9 Å². The third kappa shape index (κ3) is 3.99.